The van der Waals surface area contributed by atoms with Gasteiger partial charge in [-0.2, -0.15) is 11.8 Å². The second kappa shape index (κ2) is 4.47. The molecule has 0 aliphatic rings. The van der Waals surface area contributed by atoms with Crippen molar-refractivity contribution in [3.8, 4) is 0 Å². The Morgan fingerprint density at radius 2 is 1.69 bits per heavy atom. The molecule has 0 radical (unpaired) electrons. The zero-order chi connectivity index (χ0) is 10.7. The topological polar surface area (TPSA) is 29.1 Å². The van der Waals surface area contributed by atoms with Gasteiger partial charge in [-0.05, 0) is 40.9 Å². The van der Waals surface area contributed by atoms with E-state index >= 15 is 0 Å². The van der Waals surface area contributed by atoms with E-state index in [1.165, 1.54) is 0 Å². The van der Waals surface area contributed by atoms with Crippen molar-refractivity contribution in [2.75, 3.05) is 12.8 Å². The number of nitrogens with one attached hydrogen (secondary N) is 1. The second-order valence-electron chi connectivity index (χ2n) is 4.74. The van der Waals surface area contributed by atoms with Crippen LogP contribution in [0, 0.1) is 0 Å². The first-order valence-corrected chi connectivity index (χ1v) is 5.75. The van der Waals surface area contributed by atoms with Crippen LogP contribution in [-0.4, -0.2) is 28.9 Å². The number of carbonyl (C=O) groups excluding carboxylic acids is 1. The van der Waals surface area contributed by atoms with Crippen LogP contribution in [-0.2, 0) is 4.79 Å². The predicted molar refractivity (Wildman–Crippen MR) is 60.4 cm³/mol. The molecule has 0 aromatic rings. The van der Waals surface area contributed by atoms with Crippen molar-refractivity contribution in [2.45, 2.75) is 44.9 Å². The lowest BCUT2D eigenvalue weighted by molar-refractivity contribution is -0.120. The maximum absolute atomic E-state index is 11.7. The Balaban J connectivity index is 4.03. The van der Waals surface area contributed by atoms with Crippen molar-refractivity contribution >= 4 is 17.5 Å². The number of rotatable bonds is 4. The number of Topliss-reactive ketones (excluding diaryl/α,β-unsaturated/α-hetero) is 1. The molecule has 2 nitrogen and oxygen atoms in total. The van der Waals surface area contributed by atoms with Gasteiger partial charge in [-0.15, -0.1) is 0 Å². The van der Waals surface area contributed by atoms with Crippen molar-refractivity contribution in [1.29, 1.82) is 0 Å². The molecule has 78 valence electrons. The van der Waals surface area contributed by atoms with Gasteiger partial charge >= 0.3 is 0 Å². The molecule has 0 saturated carbocycles. The van der Waals surface area contributed by atoms with E-state index in [-0.39, 0.29) is 16.1 Å². The normalized spacial score (nSPS) is 13.1. The third kappa shape index (κ3) is 5.32. The third-order valence-electron chi connectivity index (χ3n) is 1.96. The van der Waals surface area contributed by atoms with E-state index in [1.807, 2.05) is 20.1 Å². The first-order chi connectivity index (χ1) is 5.69. The van der Waals surface area contributed by atoms with Gasteiger partial charge in [0.25, 0.3) is 0 Å². The van der Waals surface area contributed by atoms with E-state index in [0.717, 1.165) is 0 Å². The highest BCUT2D eigenvalue weighted by Crippen LogP contribution is 2.21. The number of thioether (sulfide) groups is 1. The molecule has 0 heterocycles. The second-order valence-corrected chi connectivity index (χ2v) is 6.17. The molecule has 13 heavy (non-hydrogen) atoms. The number of hydrogen-bond donors (Lipinski definition) is 1. The zero-order valence-electron chi connectivity index (χ0n) is 9.52. The van der Waals surface area contributed by atoms with Crippen molar-refractivity contribution in [3.63, 3.8) is 0 Å². The molecule has 0 bridgehead atoms. The van der Waals surface area contributed by atoms with E-state index in [1.54, 1.807) is 11.8 Å². The van der Waals surface area contributed by atoms with Crippen LogP contribution in [0.1, 0.15) is 34.6 Å². The number of hydrogen-bond acceptors (Lipinski definition) is 3. The summed E-state index contributed by atoms with van der Waals surface area (Å²) in [6.45, 7) is 10.6. The fraction of sp³-hybridized carbons (Fsp3) is 0.900. The molecule has 0 aromatic heterocycles. The van der Waals surface area contributed by atoms with Crippen molar-refractivity contribution in [2.24, 2.45) is 0 Å². The highest BCUT2D eigenvalue weighted by molar-refractivity contribution is 8.00. The summed E-state index contributed by atoms with van der Waals surface area (Å²) in [5.74, 6) is 0.259. The predicted octanol–water partition coefficient (Wildman–Crippen LogP) is 2.09. The summed E-state index contributed by atoms with van der Waals surface area (Å²) in [7, 11) is 0. The van der Waals surface area contributed by atoms with Gasteiger partial charge in [-0.1, -0.05) is 0 Å². The summed E-state index contributed by atoms with van der Waals surface area (Å²) in [6, 6.07) is 0. The van der Waals surface area contributed by atoms with Crippen molar-refractivity contribution in [1.82, 2.24) is 5.32 Å². The molecule has 0 aromatic carbocycles. The molecule has 0 aliphatic heterocycles. The number of ketones is 1. The summed E-state index contributed by atoms with van der Waals surface area (Å²) in [5, 5.41) is 3.20. The highest BCUT2D eigenvalue weighted by Gasteiger charge is 2.26. The maximum Gasteiger partial charge on any atom is 0.162 e. The fourth-order valence-electron chi connectivity index (χ4n) is 0.672. The Bertz CT molecular complexity index is 182. The molecule has 0 rings (SSSR count). The van der Waals surface area contributed by atoms with E-state index in [9.17, 15) is 4.79 Å². The van der Waals surface area contributed by atoms with Crippen molar-refractivity contribution in [3.05, 3.63) is 0 Å². The van der Waals surface area contributed by atoms with Gasteiger partial charge in [-0.25, -0.2) is 0 Å². The van der Waals surface area contributed by atoms with Crippen LogP contribution in [0.5, 0.6) is 0 Å². The molecule has 0 saturated heterocycles. The average Bonchev–Trinajstić information content (AvgIpc) is 1.98. The molecule has 1 N–H and O–H groups in total. The van der Waals surface area contributed by atoms with E-state index < -0.39 is 0 Å². The molecule has 0 fully saturated rings. The third-order valence-corrected chi connectivity index (χ3v) is 3.21. The van der Waals surface area contributed by atoms with Crippen LogP contribution in [0.4, 0.5) is 0 Å². The molecule has 0 aliphatic carbocycles. The van der Waals surface area contributed by atoms with Crippen LogP contribution in [0.2, 0.25) is 0 Å². The Kier molecular flexibility index (Phi) is 4.46. The lowest BCUT2D eigenvalue weighted by atomic mass is 10.1. The first-order valence-electron chi connectivity index (χ1n) is 4.52. The first kappa shape index (κ1) is 13.0. The lowest BCUT2D eigenvalue weighted by Gasteiger charge is -2.25. The van der Waals surface area contributed by atoms with Crippen molar-refractivity contribution < 1.29 is 4.79 Å². The van der Waals surface area contributed by atoms with Crippen LogP contribution in [0.25, 0.3) is 0 Å². The smallest absolute Gasteiger partial charge is 0.162 e. The average molecular weight is 203 g/mol. The molecule has 0 unspecified atom stereocenters. The van der Waals surface area contributed by atoms with Gasteiger partial charge in [-0.3, -0.25) is 4.79 Å². The summed E-state index contributed by atoms with van der Waals surface area (Å²) in [6.07, 6.45) is 1.97. The molecule has 0 atom stereocenters. The quantitative estimate of drug-likeness (QED) is 0.758. The van der Waals surface area contributed by atoms with Crippen LogP contribution in [0.15, 0.2) is 0 Å². The molecular weight excluding hydrogens is 182 g/mol. The summed E-state index contributed by atoms with van der Waals surface area (Å²) in [5.41, 5.74) is 0.0180. The summed E-state index contributed by atoms with van der Waals surface area (Å²) < 4.78 is -0.266. The van der Waals surface area contributed by atoms with Gasteiger partial charge in [0.1, 0.15) is 0 Å². The standard InChI is InChI=1S/C10H21NOS/c1-9(2,3)11-7-8(12)10(4,5)13-6/h11H,7H2,1-6H3. The largest absolute Gasteiger partial charge is 0.305 e. The minimum atomic E-state index is -0.266. The van der Waals surface area contributed by atoms with Gasteiger partial charge in [0.15, 0.2) is 5.78 Å². The maximum atomic E-state index is 11.7. The van der Waals surface area contributed by atoms with Gasteiger partial charge in [0.05, 0.1) is 11.3 Å². The Hall–Kier alpha value is -0.0200. The Morgan fingerprint density at radius 1 is 1.23 bits per heavy atom. The molecular formula is C10H21NOS. The van der Waals surface area contributed by atoms with Gasteiger partial charge in [0, 0.05) is 5.54 Å². The van der Waals surface area contributed by atoms with Gasteiger partial charge < -0.3 is 5.32 Å². The molecule has 0 amide bonds. The summed E-state index contributed by atoms with van der Waals surface area (Å²) >= 11 is 1.60. The lowest BCUT2D eigenvalue weighted by Crippen LogP contribution is -2.44. The Morgan fingerprint density at radius 3 is 2.00 bits per heavy atom. The van der Waals surface area contributed by atoms with Crippen LogP contribution < -0.4 is 5.32 Å². The minimum Gasteiger partial charge on any atom is -0.305 e. The molecule has 0 spiro atoms. The van der Waals surface area contributed by atoms with Crippen LogP contribution in [0.3, 0.4) is 0 Å². The van der Waals surface area contributed by atoms with E-state index in [4.69, 9.17) is 0 Å². The van der Waals surface area contributed by atoms with E-state index in [0.29, 0.717) is 6.54 Å². The van der Waals surface area contributed by atoms with Gasteiger partial charge in [0.2, 0.25) is 0 Å². The molecule has 3 heteroatoms. The SMILES string of the molecule is CSC(C)(C)C(=O)CNC(C)(C)C. The van der Waals surface area contributed by atoms with Crippen LogP contribution >= 0.6 is 11.8 Å². The Labute approximate surface area is 85.9 Å². The van der Waals surface area contributed by atoms with E-state index in [2.05, 4.69) is 26.1 Å². The highest BCUT2D eigenvalue weighted by atomic mass is 32.2. The summed E-state index contributed by atoms with van der Waals surface area (Å²) in [4.78, 5) is 11.7. The monoisotopic (exact) mass is 203 g/mol. The fourth-order valence-corrected chi connectivity index (χ4v) is 0.972. The minimum absolute atomic E-state index is 0.0180. The number of carbonyl (C=O) groups is 1. The zero-order valence-corrected chi connectivity index (χ0v) is 10.3.